The molecule has 0 aliphatic carbocycles. The number of alkyl halides is 3. The second-order valence-corrected chi connectivity index (χ2v) is 9.58. The van der Waals surface area contributed by atoms with E-state index in [9.17, 15) is 32.9 Å². The maximum atomic E-state index is 13.0. The second kappa shape index (κ2) is 11.8. The van der Waals surface area contributed by atoms with Crippen molar-refractivity contribution in [2.75, 3.05) is 20.3 Å². The van der Waals surface area contributed by atoms with Gasteiger partial charge in [0, 0.05) is 35.0 Å². The first-order chi connectivity index (χ1) is 17.8. The number of methoxy groups -OCH3 is 1. The molecule has 3 rings (SSSR count). The van der Waals surface area contributed by atoms with Crippen LogP contribution in [0.2, 0.25) is 0 Å². The van der Waals surface area contributed by atoms with Crippen molar-refractivity contribution in [2.24, 2.45) is 0 Å². The molecular weight excluding hydrogens is 525 g/mol. The molecule has 3 aromatic rings. The van der Waals surface area contributed by atoms with E-state index < -0.39 is 40.7 Å². The van der Waals surface area contributed by atoms with Crippen molar-refractivity contribution in [2.45, 2.75) is 42.8 Å². The number of aryl methyl sites for hydroxylation is 1. The lowest BCUT2D eigenvalue weighted by Crippen LogP contribution is -2.17. The predicted molar refractivity (Wildman–Crippen MR) is 134 cm³/mol. The summed E-state index contributed by atoms with van der Waals surface area (Å²) in [4.78, 5) is 36.4. The van der Waals surface area contributed by atoms with E-state index in [1.807, 2.05) is 18.4 Å². The van der Waals surface area contributed by atoms with Crippen LogP contribution in [0.1, 0.15) is 50.6 Å². The molecule has 8 nitrogen and oxygen atoms in total. The molecule has 0 saturated carbocycles. The highest BCUT2D eigenvalue weighted by molar-refractivity contribution is 7.99. The molecule has 1 unspecified atom stereocenters. The summed E-state index contributed by atoms with van der Waals surface area (Å²) < 4.78 is 51.5. The molecule has 1 atom stereocenters. The van der Waals surface area contributed by atoms with Crippen molar-refractivity contribution in [1.82, 2.24) is 4.57 Å². The number of nitrogens with zero attached hydrogens (tertiary/aromatic N) is 2. The van der Waals surface area contributed by atoms with Gasteiger partial charge in [-0.1, -0.05) is 23.9 Å². The Kier molecular flexibility index (Phi) is 9.00. The van der Waals surface area contributed by atoms with E-state index in [0.717, 1.165) is 29.6 Å². The van der Waals surface area contributed by atoms with Crippen LogP contribution in [0.25, 0.3) is 0 Å². The highest BCUT2D eigenvalue weighted by Crippen LogP contribution is 2.40. The number of hydrogen-bond donors (Lipinski definition) is 0. The molecular formula is C26H25F3N2O6S. The number of benzene rings is 2. The van der Waals surface area contributed by atoms with E-state index in [1.54, 1.807) is 26.2 Å². The Morgan fingerprint density at radius 1 is 1.08 bits per heavy atom. The number of aromatic nitrogens is 1. The highest BCUT2D eigenvalue weighted by atomic mass is 32.2. The van der Waals surface area contributed by atoms with E-state index in [4.69, 9.17) is 9.47 Å². The first-order valence-corrected chi connectivity index (χ1v) is 12.2. The predicted octanol–water partition coefficient (Wildman–Crippen LogP) is 6.43. The smallest absolute Gasteiger partial charge is 0.416 e. The summed E-state index contributed by atoms with van der Waals surface area (Å²) in [5.41, 5.74) is 0.0669. The second-order valence-electron chi connectivity index (χ2n) is 8.49. The molecule has 0 aliphatic rings. The average Bonchev–Trinajstić information content (AvgIpc) is 3.16. The lowest BCUT2D eigenvalue weighted by atomic mass is 10.1. The zero-order valence-electron chi connectivity index (χ0n) is 21.0. The third kappa shape index (κ3) is 6.43. The van der Waals surface area contributed by atoms with Crippen LogP contribution in [-0.2, 0) is 15.7 Å². The van der Waals surface area contributed by atoms with Gasteiger partial charge in [0.05, 0.1) is 33.6 Å². The zero-order chi connectivity index (χ0) is 28.2. The van der Waals surface area contributed by atoms with Crippen LogP contribution in [0.4, 0.5) is 18.9 Å². The molecule has 0 bridgehead atoms. The van der Waals surface area contributed by atoms with Gasteiger partial charge in [0.1, 0.15) is 0 Å². The molecule has 0 spiro atoms. The molecule has 12 heteroatoms. The van der Waals surface area contributed by atoms with E-state index >= 15 is 0 Å². The lowest BCUT2D eigenvalue weighted by Gasteiger charge is -2.17. The largest absolute Gasteiger partial charge is 0.454 e. The monoisotopic (exact) mass is 550 g/mol. The summed E-state index contributed by atoms with van der Waals surface area (Å²) in [5, 5.41) is 11.4. The van der Waals surface area contributed by atoms with Crippen LogP contribution >= 0.6 is 11.8 Å². The van der Waals surface area contributed by atoms with Gasteiger partial charge in [0.2, 0.25) is 5.78 Å². The molecule has 0 amide bonds. The van der Waals surface area contributed by atoms with Crippen LogP contribution in [0.5, 0.6) is 0 Å². The Morgan fingerprint density at radius 3 is 2.39 bits per heavy atom. The lowest BCUT2D eigenvalue weighted by molar-refractivity contribution is -0.388. The minimum atomic E-state index is -4.75. The Bertz CT molecular complexity index is 1370. The summed E-state index contributed by atoms with van der Waals surface area (Å²) in [5.74, 6) is -1.26. The number of ether oxygens (including phenoxy) is 2. The maximum Gasteiger partial charge on any atom is 0.416 e. The number of rotatable bonds is 10. The molecule has 1 heterocycles. The Hall–Kier alpha value is -3.64. The third-order valence-corrected chi connectivity index (χ3v) is 6.92. The fourth-order valence-electron chi connectivity index (χ4n) is 4.11. The number of hydrogen-bond acceptors (Lipinski definition) is 7. The van der Waals surface area contributed by atoms with Crippen LogP contribution in [0.15, 0.2) is 58.3 Å². The van der Waals surface area contributed by atoms with Crippen molar-refractivity contribution < 1.29 is 37.2 Å². The number of Topliss-reactive ketones (excluding diaryl/α,β-unsaturated/α-hetero) is 1. The number of nitro benzene ring substituents is 1. The maximum absolute atomic E-state index is 13.0. The number of carbonyl (C=O) groups is 2. The van der Waals surface area contributed by atoms with Gasteiger partial charge < -0.3 is 14.0 Å². The summed E-state index contributed by atoms with van der Waals surface area (Å²) >= 11 is 0.753. The number of carbonyl (C=O) groups excluding carboxylic acids is 2. The van der Waals surface area contributed by atoms with E-state index in [0.29, 0.717) is 23.9 Å². The van der Waals surface area contributed by atoms with Crippen molar-refractivity contribution in [3.8, 4) is 0 Å². The topological polar surface area (TPSA) is 101 Å². The molecule has 0 saturated heterocycles. The SMILES string of the molecule is COCC(C)n1c(C)cc(C(=O)COC(=O)c2ccccc2Sc2ccc(C(F)(F)F)cc2[N+](=O)[O-])c1C. The number of nitro groups is 1. The molecule has 0 radical (unpaired) electrons. The molecule has 2 aromatic carbocycles. The van der Waals surface area contributed by atoms with Gasteiger partial charge in [0.15, 0.2) is 6.61 Å². The van der Waals surface area contributed by atoms with Crippen LogP contribution < -0.4 is 0 Å². The Balaban J connectivity index is 1.80. The number of ketones is 1. The number of halogens is 3. The van der Waals surface area contributed by atoms with E-state index in [-0.39, 0.29) is 21.4 Å². The highest BCUT2D eigenvalue weighted by Gasteiger charge is 2.33. The van der Waals surface area contributed by atoms with Gasteiger partial charge >= 0.3 is 12.1 Å². The van der Waals surface area contributed by atoms with Crippen molar-refractivity contribution >= 4 is 29.2 Å². The van der Waals surface area contributed by atoms with E-state index in [1.165, 1.54) is 18.2 Å². The minimum absolute atomic E-state index is 0.0118. The van der Waals surface area contributed by atoms with Crippen molar-refractivity contribution in [3.05, 3.63) is 86.7 Å². The van der Waals surface area contributed by atoms with Gasteiger partial charge in [-0.05, 0) is 51.1 Å². The fraction of sp³-hybridized carbons (Fsp3) is 0.308. The summed E-state index contributed by atoms with van der Waals surface area (Å²) in [6.45, 7) is 5.51. The normalized spacial score (nSPS) is 12.3. The van der Waals surface area contributed by atoms with Crippen LogP contribution in [0, 0.1) is 24.0 Å². The molecule has 1 aromatic heterocycles. The zero-order valence-corrected chi connectivity index (χ0v) is 21.8. The van der Waals surface area contributed by atoms with Gasteiger partial charge in [-0.15, -0.1) is 0 Å². The number of esters is 1. The summed E-state index contributed by atoms with van der Waals surface area (Å²) in [7, 11) is 1.59. The van der Waals surface area contributed by atoms with Gasteiger partial charge in [-0.3, -0.25) is 14.9 Å². The molecule has 0 N–H and O–H groups in total. The first-order valence-electron chi connectivity index (χ1n) is 11.3. The standard InChI is InChI=1S/C26H25F3N2O6S/c1-15-11-20(17(3)30(15)16(2)13-36-4)22(32)14-37-25(33)19-7-5-6-8-23(19)38-24-10-9-18(26(27,28)29)12-21(24)31(34)35/h5-12,16H,13-14H2,1-4H3. The average molecular weight is 551 g/mol. The van der Waals surface area contributed by atoms with Crippen LogP contribution in [0.3, 0.4) is 0 Å². The van der Waals surface area contributed by atoms with E-state index in [2.05, 4.69) is 0 Å². The third-order valence-electron chi connectivity index (χ3n) is 5.78. The molecule has 0 fully saturated rings. The van der Waals surface area contributed by atoms with Crippen molar-refractivity contribution in [1.29, 1.82) is 0 Å². The summed E-state index contributed by atoms with van der Waals surface area (Å²) in [6, 6.07) is 9.86. The minimum Gasteiger partial charge on any atom is -0.454 e. The molecule has 0 aliphatic heterocycles. The summed E-state index contributed by atoms with van der Waals surface area (Å²) in [6.07, 6.45) is -4.75. The first kappa shape index (κ1) is 28.9. The molecule has 202 valence electrons. The quantitative estimate of drug-likeness (QED) is 0.124. The Labute approximate surface area is 220 Å². The van der Waals surface area contributed by atoms with Gasteiger partial charge in [-0.2, -0.15) is 13.2 Å². The fourth-order valence-corrected chi connectivity index (χ4v) is 5.12. The van der Waals surface area contributed by atoms with Crippen molar-refractivity contribution in [3.63, 3.8) is 0 Å². The molecule has 38 heavy (non-hydrogen) atoms. The van der Waals surface area contributed by atoms with Crippen LogP contribution in [-0.4, -0.2) is 41.6 Å². The van der Waals surface area contributed by atoms with Gasteiger partial charge in [0.25, 0.3) is 5.69 Å². The Morgan fingerprint density at radius 2 is 1.76 bits per heavy atom. The van der Waals surface area contributed by atoms with Gasteiger partial charge in [-0.25, -0.2) is 4.79 Å².